The lowest BCUT2D eigenvalue weighted by Crippen LogP contribution is -2.20. The van der Waals surface area contributed by atoms with Crippen LogP contribution in [0.25, 0.3) is 0 Å². The van der Waals surface area contributed by atoms with Crippen molar-refractivity contribution in [3.63, 3.8) is 0 Å². The molecule has 0 aliphatic carbocycles. The van der Waals surface area contributed by atoms with Crippen LogP contribution in [0.4, 0.5) is 5.82 Å². The van der Waals surface area contributed by atoms with Crippen LogP contribution in [0.3, 0.4) is 0 Å². The van der Waals surface area contributed by atoms with Crippen LogP contribution in [0.15, 0.2) is 12.1 Å². The topological polar surface area (TPSA) is 53.4 Å². The van der Waals surface area contributed by atoms with E-state index in [9.17, 15) is 4.79 Å². The van der Waals surface area contributed by atoms with Gasteiger partial charge in [-0.05, 0) is 25.0 Å². The fourth-order valence-corrected chi connectivity index (χ4v) is 1.73. The molecule has 0 bridgehead atoms. The molecule has 0 saturated carbocycles. The molecule has 0 amide bonds. The molecular formula is C13H20N2O2. The fourth-order valence-electron chi connectivity index (χ4n) is 1.73. The maximum absolute atomic E-state index is 11.0. The number of rotatable bonds is 6. The Morgan fingerprint density at radius 1 is 1.35 bits per heavy atom. The summed E-state index contributed by atoms with van der Waals surface area (Å²) in [5.41, 5.74) is 1.17. The van der Waals surface area contributed by atoms with Crippen LogP contribution < -0.4 is 4.90 Å². The summed E-state index contributed by atoms with van der Waals surface area (Å²) in [5.74, 6) is -0.147. The first-order valence-corrected chi connectivity index (χ1v) is 6.03. The highest BCUT2D eigenvalue weighted by Gasteiger charge is 2.10. The van der Waals surface area contributed by atoms with Gasteiger partial charge in [-0.2, -0.15) is 0 Å². The number of pyridine rings is 1. The number of hydrogen-bond donors (Lipinski definition) is 1. The van der Waals surface area contributed by atoms with Crippen LogP contribution in [0.1, 0.15) is 42.7 Å². The van der Waals surface area contributed by atoms with Crippen LogP contribution in [0.2, 0.25) is 0 Å². The van der Waals surface area contributed by atoms with Crippen molar-refractivity contribution in [2.45, 2.75) is 33.1 Å². The normalized spacial score (nSPS) is 10.3. The maximum Gasteiger partial charge on any atom is 0.335 e. The van der Waals surface area contributed by atoms with E-state index in [1.54, 1.807) is 12.1 Å². The lowest BCUT2D eigenvalue weighted by Gasteiger charge is -2.18. The molecule has 4 heteroatoms. The van der Waals surface area contributed by atoms with Crippen molar-refractivity contribution in [2.75, 3.05) is 18.5 Å². The van der Waals surface area contributed by atoms with Gasteiger partial charge in [0.2, 0.25) is 0 Å². The fraction of sp³-hybridized carbons (Fsp3) is 0.538. The molecule has 4 nitrogen and oxygen atoms in total. The van der Waals surface area contributed by atoms with Gasteiger partial charge in [0.25, 0.3) is 0 Å². The molecular weight excluding hydrogens is 216 g/mol. The number of aryl methyl sites for hydroxylation is 1. The Morgan fingerprint density at radius 3 is 2.59 bits per heavy atom. The Bertz CT molecular complexity index is 391. The molecule has 0 aliphatic rings. The Hall–Kier alpha value is -1.58. The zero-order valence-electron chi connectivity index (χ0n) is 10.7. The van der Waals surface area contributed by atoms with E-state index in [2.05, 4.69) is 18.8 Å². The lowest BCUT2D eigenvalue weighted by molar-refractivity contribution is 0.0696. The molecule has 17 heavy (non-hydrogen) atoms. The molecule has 94 valence electrons. The van der Waals surface area contributed by atoms with Gasteiger partial charge in [0.05, 0.1) is 5.56 Å². The van der Waals surface area contributed by atoms with E-state index in [0.717, 1.165) is 37.3 Å². The van der Waals surface area contributed by atoms with E-state index >= 15 is 0 Å². The van der Waals surface area contributed by atoms with Gasteiger partial charge in [-0.25, -0.2) is 9.78 Å². The zero-order valence-corrected chi connectivity index (χ0v) is 10.7. The molecule has 0 aromatic carbocycles. The minimum absolute atomic E-state index is 0.321. The van der Waals surface area contributed by atoms with Crippen molar-refractivity contribution in [1.82, 2.24) is 4.98 Å². The van der Waals surface area contributed by atoms with E-state index in [0.29, 0.717) is 5.56 Å². The second-order valence-corrected chi connectivity index (χ2v) is 4.18. The monoisotopic (exact) mass is 236 g/mol. The Kier molecular flexibility index (Phi) is 4.94. The third-order valence-electron chi connectivity index (χ3n) is 2.57. The number of carboxylic acids is 1. The highest BCUT2D eigenvalue weighted by atomic mass is 16.4. The largest absolute Gasteiger partial charge is 0.478 e. The summed E-state index contributed by atoms with van der Waals surface area (Å²) in [5, 5.41) is 9.07. The van der Waals surface area contributed by atoms with Crippen molar-refractivity contribution >= 4 is 11.8 Å². The summed E-state index contributed by atoms with van der Waals surface area (Å²) in [6.07, 6.45) is 2.79. The minimum atomic E-state index is -0.893. The highest BCUT2D eigenvalue weighted by molar-refractivity contribution is 5.88. The smallest absolute Gasteiger partial charge is 0.335 e. The van der Waals surface area contributed by atoms with Crippen molar-refractivity contribution in [3.05, 3.63) is 23.4 Å². The summed E-state index contributed by atoms with van der Waals surface area (Å²) < 4.78 is 0. The number of nitrogens with zero attached hydrogens (tertiary/aromatic N) is 2. The lowest BCUT2D eigenvalue weighted by atomic mass is 10.1. The number of carbonyl (C=O) groups is 1. The van der Waals surface area contributed by atoms with E-state index in [1.807, 2.05) is 11.9 Å². The summed E-state index contributed by atoms with van der Waals surface area (Å²) >= 11 is 0. The number of carboxylic acid groups (broad SMARTS) is 1. The molecule has 1 N–H and O–H groups in total. The molecule has 0 spiro atoms. The van der Waals surface area contributed by atoms with Gasteiger partial charge < -0.3 is 10.0 Å². The van der Waals surface area contributed by atoms with Gasteiger partial charge in [0, 0.05) is 19.3 Å². The SMILES string of the molecule is CCCc1cc(C(=O)O)cc(N(C)CCC)n1. The second kappa shape index (κ2) is 6.23. The van der Waals surface area contributed by atoms with Gasteiger partial charge in [-0.15, -0.1) is 0 Å². The summed E-state index contributed by atoms with van der Waals surface area (Å²) in [6.45, 7) is 5.02. The molecule has 0 saturated heterocycles. The van der Waals surface area contributed by atoms with Crippen molar-refractivity contribution in [1.29, 1.82) is 0 Å². The standard InChI is InChI=1S/C13H20N2O2/c1-4-6-11-8-10(13(16)17)9-12(14-11)15(3)7-5-2/h8-9H,4-7H2,1-3H3,(H,16,17). The average molecular weight is 236 g/mol. The van der Waals surface area contributed by atoms with Crippen molar-refractivity contribution in [2.24, 2.45) is 0 Å². The molecule has 0 fully saturated rings. The van der Waals surface area contributed by atoms with Crippen LogP contribution in [0, 0.1) is 0 Å². The Morgan fingerprint density at radius 2 is 2.06 bits per heavy atom. The molecule has 1 aromatic rings. The number of anilines is 1. The Balaban J connectivity index is 3.07. The third-order valence-corrected chi connectivity index (χ3v) is 2.57. The van der Waals surface area contributed by atoms with Crippen LogP contribution >= 0.6 is 0 Å². The highest BCUT2D eigenvalue weighted by Crippen LogP contribution is 2.15. The molecule has 0 atom stereocenters. The molecule has 1 rings (SSSR count). The van der Waals surface area contributed by atoms with Crippen molar-refractivity contribution < 1.29 is 9.90 Å². The summed E-state index contributed by atoms with van der Waals surface area (Å²) in [4.78, 5) is 17.5. The van der Waals surface area contributed by atoms with Gasteiger partial charge in [0.15, 0.2) is 0 Å². The predicted octanol–water partition coefficient (Wildman–Crippen LogP) is 2.58. The molecule has 0 aliphatic heterocycles. The van der Waals surface area contributed by atoms with E-state index in [-0.39, 0.29) is 0 Å². The van der Waals surface area contributed by atoms with E-state index < -0.39 is 5.97 Å². The average Bonchev–Trinajstić information content (AvgIpc) is 2.29. The number of aromatic nitrogens is 1. The third kappa shape index (κ3) is 3.73. The molecule has 1 heterocycles. The maximum atomic E-state index is 11.0. The van der Waals surface area contributed by atoms with Crippen LogP contribution in [-0.2, 0) is 6.42 Å². The molecule has 1 aromatic heterocycles. The number of aromatic carboxylic acids is 1. The first kappa shape index (κ1) is 13.5. The van der Waals surface area contributed by atoms with Crippen LogP contribution in [-0.4, -0.2) is 29.7 Å². The van der Waals surface area contributed by atoms with Crippen molar-refractivity contribution in [3.8, 4) is 0 Å². The minimum Gasteiger partial charge on any atom is -0.478 e. The first-order chi connectivity index (χ1) is 8.08. The molecule has 0 radical (unpaired) electrons. The van der Waals surface area contributed by atoms with E-state index in [1.165, 1.54) is 0 Å². The van der Waals surface area contributed by atoms with E-state index in [4.69, 9.17) is 5.11 Å². The Labute approximate surface area is 102 Å². The zero-order chi connectivity index (χ0) is 12.8. The molecule has 0 unspecified atom stereocenters. The quantitative estimate of drug-likeness (QED) is 0.824. The van der Waals surface area contributed by atoms with Gasteiger partial charge in [0.1, 0.15) is 5.82 Å². The van der Waals surface area contributed by atoms with Crippen LogP contribution in [0.5, 0.6) is 0 Å². The number of hydrogen-bond acceptors (Lipinski definition) is 3. The van der Waals surface area contributed by atoms with Gasteiger partial charge >= 0.3 is 5.97 Å². The van der Waals surface area contributed by atoms with Gasteiger partial charge in [-0.3, -0.25) is 0 Å². The summed E-state index contributed by atoms with van der Waals surface area (Å²) in [6, 6.07) is 3.30. The predicted molar refractivity (Wildman–Crippen MR) is 68.8 cm³/mol. The summed E-state index contributed by atoms with van der Waals surface area (Å²) in [7, 11) is 1.94. The first-order valence-electron chi connectivity index (χ1n) is 6.03. The second-order valence-electron chi connectivity index (χ2n) is 4.18. The van der Waals surface area contributed by atoms with Gasteiger partial charge in [-0.1, -0.05) is 20.3 Å².